The lowest BCUT2D eigenvalue weighted by Gasteiger charge is -2.22. The van der Waals surface area contributed by atoms with Crippen LogP contribution in [-0.2, 0) is 16.1 Å². The number of benzene rings is 1. The van der Waals surface area contributed by atoms with Crippen LogP contribution in [0.3, 0.4) is 0 Å². The fourth-order valence-corrected chi connectivity index (χ4v) is 1.79. The van der Waals surface area contributed by atoms with Crippen LogP contribution in [0, 0.1) is 0 Å². The number of amides is 1. The summed E-state index contributed by atoms with van der Waals surface area (Å²) in [6, 6.07) is 8.10. The van der Waals surface area contributed by atoms with E-state index < -0.39 is 6.10 Å². The van der Waals surface area contributed by atoms with E-state index in [1.165, 1.54) is 7.11 Å². The van der Waals surface area contributed by atoms with Gasteiger partial charge in [0.2, 0.25) is 0 Å². The topological polar surface area (TPSA) is 58.8 Å². The van der Waals surface area contributed by atoms with Gasteiger partial charge in [0.1, 0.15) is 6.10 Å². The molecule has 0 radical (unpaired) electrons. The van der Waals surface area contributed by atoms with Gasteiger partial charge in [-0.2, -0.15) is 0 Å². The van der Waals surface area contributed by atoms with Gasteiger partial charge < -0.3 is 20.3 Å². The first-order chi connectivity index (χ1) is 8.99. The summed E-state index contributed by atoms with van der Waals surface area (Å²) in [5, 5.41) is 0. The summed E-state index contributed by atoms with van der Waals surface area (Å²) in [4.78, 5) is 15.7. The van der Waals surface area contributed by atoms with Crippen molar-refractivity contribution in [1.29, 1.82) is 0 Å². The number of anilines is 1. The number of carbonyl (C=O) groups excluding carboxylic acids is 1. The highest BCUT2D eigenvalue weighted by Crippen LogP contribution is 2.13. The van der Waals surface area contributed by atoms with Crippen LogP contribution < -0.4 is 10.6 Å². The number of nitrogens with zero attached hydrogens (tertiary/aromatic N) is 2. The van der Waals surface area contributed by atoms with Gasteiger partial charge in [-0.05, 0) is 17.7 Å². The molecule has 0 aliphatic rings. The molecule has 2 N–H and O–H groups in total. The first-order valence-electron chi connectivity index (χ1n) is 6.23. The number of hydrogen-bond donors (Lipinski definition) is 1. The molecule has 5 nitrogen and oxygen atoms in total. The lowest BCUT2D eigenvalue weighted by atomic mass is 10.2. The van der Waals surface area contributed by atoms with Crippen molar-refractivity contribution in [3.63, 3.8) is 0 Å². The number of ether oxygens (including phenoxy) is 1. The summed E-state index contributed by atoms with van der Waals surface area (Å²) in [6.45, 7) is 0.742. The van der Waals surface area contributed by atoms with Crippen molar-refractivity contribution in [3.05, 3.63) is 29.8 Å². The van der Waals surface area contributed by atoms with Crippen molar-refractivity contribution in [3.8, 4) is 0 Å². The van der Waals surface area contributed by atoms with Crippen LogP contribution in [0.1, 0.15) is 5.56 Å². The number of nitrogens with two attached hydrogens (primary N) is 1. The van der Waals surface area contributed by atoms with Gasteiger partial charge >= 0.3 is 0 Å². The minimum atomic E-state index is -0.564. The molecule has 1 amide bonds. The Hall–Kier alpha value is -1.59. The van der Waals surface area contributed by atoms with E-state index in [9.17, 15) is 4.79 Å². The molecule has 0 spiro atoms. The van der Waals surface area contributed by atoms with Gasteiger partial charge in [-0.25, -0.2) is 0 Å². The summed E-state index contributed by atoms with van der Waals surface area (Å²) in [6.07, 6.45) is -0.564. The van der Waals surface area contributed by atoms with Crippen molar-refractivity contribution in [2.24, 2.45) is 5.73 Å². The Balaban J connectivity index is 2.66. The number of likely N-dealkylation sites (N-methyl/N-ethyl adjacent to an activating group) is 1. The molecule has 0 saturated carbocycles. The molecule has 1 aromatic rings. The first kappa shape index (κ1) is 15.5. The van der Waals surface area contributed by atoms with Gasteiger partial charge in [-0.3, -0.25) is 4.79 Å². The Morgan fingerprint density at radius 2 is 1.84 bits per heavy atom. The molecule has 106 valence electrons. The highest BCUT2D eigenvalue weighted by Gasteiger charge is 2.19. The Morgan fingerprint density at radius 3 is 2.26 bits per heavy atom. The van der Waals surface area contributed by atoms with E-state index in [2.05, 4.69) is 0 Å². The Bertz CT molecular complexity index is 400. The lowest BCUT2D eigenvalue weighted by molar-refractivity contribution is -0.140. The third-order valence-electron chi connectivity index (χ3n) is 3.02. The van der Waals surface area contributed by atoms with Crippen LogP contribution in [0.25, 0.3) is 0 Å². The smallest absolute Gasteiger partial charge is 0.253 e. The molecular formula is C14H23N3O2. The number of hydrogen-bond acceptors (Lipinski definition) is 4. The van der Waals surface area contributed by atoms with E-state index in [4.69, 9.17) is 10.5 Å². The Kier molecular flexibility index (Phi) is 5.79. The second kappa shape index (κ2) is 7.11. The highest BCUT2D eigenvalue weighted by molar-refractivity contribution is 5.80. The average Bonchev–Trinajstić information content (AvgIpc) is 2.40. The van der Waals surface area contributed by atoms with E-state index in [0.29, 0.717) is 6.54 Å². The highest BCUT2D eigenvalue weighted by atomic mass is 16.5. The van der Waals surface area contributed by atoms with Crippen molar-refractivity contribution < 1.29 is 9.53 Å². The van der Waals surface area contributed by atoms with Gasteiger partial charge in [0.05, 0.1) is 0 Å². The van der Waals surface area contributed by atoms with Gasteiger partial charge in [-0.1, -0.05) is 12.1 Å². The standard InChI is InChI=1S/C14H23N3O2/c1-16(2)12-7-5-11(6-8-12)10-17(3)14(18)13(9-15)19-4/h5-8,13H,9-10,15H2,1-4H3. The summed E-state index contributed by atoms with van der Waals surface area (Å²) in [7, 11) is 7.24. The number of methoxy groups -OCH3 is 1. The zero-order valence-corrected chi connectivity index (χ0v) is 12.1. The van der Waals surface area contributed by atoms with Crippen LogP contribution in [0.4, 0.5) is 5.69 Å². The van der Waals surface area contributed by atoms with E-state index in [1.54, 1.807) is 11.9 Å². The predicted molar refractivity (Wildman–Crippen MR) is 77.1 cm³/mol. The molecule has 1 aromatic carbocycles. The molecule has 1 rings (SSSR count). The molecule has 5 heteroatoms. The second-order valence-electron chi connectivity index (χ2n) is 4.72. The minimum Gasteiger partial charge on any atom is -0.378 e. The minimum absolute atomic E-state index is 0.0957. The molecular weight excluding hydrogens is 242 g/mol. The molecule has 0 bridgehead atoms. The van der Waals surface area contributed by atoms with Gasteiger partial charge in [0.15, 0.2) is 0 Å². The van der Waals surface area contributed by atoms with Crippen LogP contribution in [0.5, 0.6) is 0 Å². The maximum absolute atomic E-state index is 12.0. The van der Waals surface area contributed by atoms with E-state index in [1.807, 2.05) is 43.3 Å². The van der Waals surface area contributed by atoms with Crippen LogP contribution in [-0.4, -0.2) is 51.7 Å². The van der Waals surface area contributed by atoms with Gasteiger partial charge in [-0.15, -0.1) is 0 Å². The van der Waals surface area contributed by atoms with Crippen LogP contribution >= 0.6 is 0 Å². The van der Waals surface area contributed by atoms with E-state index >= 15 is 0 Å². The molecule has 0 aliphatic heterocycles. The third-order valence-corrected chi connectivity index (χ3v) is 3.02. The summed E-state index contributed by atoms with van der Waals surface area (Å²) in [5.41, 5.74) is 7.70. The third kappa shape index (κ3) is 4.22. The largest absolute Gasteiger partial charge is 0.378 e. The molecule has 0 heterocycles. The molecule has 1 atom stereocenters. The lowest BCUT2D eigenvalue weighted by Crippen LogP contribution is -2.41. The molecule has 0 fully saturated rings. The monoisotopic (exact) mass is 265 g/mol. The maximum Gasteiger partial charge on any atom is 0.253 e. The Labute approximate surface area is 114 Å². The SMILES string of the molecule is COC(CN)C(=O)N(C)Cc1ccc(N(C)C)cc1. The summed E-state index contributed by atoms with van der Waals surface area (Å²) < 4.78 is 5.05. The van der Waals surface area contributed by atoms with Crippen molar-refractivity contribution >= 4 is 11.6 Å². The van der Waals surface area contributed by atoms with Gasteiger partial charge in [0.25, 0.3) is 5.91 Å². The zero-order valence-electron chi connectivity index (χ0n) is 12.1. The molecule has 19 heavy (non-hydrogen) atoms. The van der Waals surface area contributed by atoms with Gasteiger partial charge in [0, 0.05) is 47.0 Å². The molecule has 1 unspecified atom stereocenters. The van der Waals surface area contributed by atoms with Crippen molar-refractivity contribution in [2.45, 2.75) is 12.6 Å². The molecule has 0 saturated heterocycles. The normalized spacial score (nSPS) is 12.1. The Morgan fingerprint density at radius 1 is 1.26 bits per heavy atom. The van der Waals surface area contributed by atoms with Crippen molar-refractivity contribution in [1.82, 2.24) is 4.90 Å². The maximum atomic E-state index is 12.0. The second-order valence-corrected chi connectivity index (χ2v) is 4.72. The fourth-order valence-electron chi connectivity index (χ4n) is 1.79. The molecule has 0 aromatic heterocycles. The van der Waals surface area contributed by atoms with E-state index in [-0.39, 0.29) is 12.5 Å². The van der Waals surface area contributed by atoms with Crippen LogP contribution in [0.15, 0.2) is 24.3 Å². The zero-order chi connectivity index (χ0) is 14.4. The predicted octanol–water partition coefficient (Wildman–Crippen LogP) is 0.685. The summed E-state index contributed by atoms with van der Waals surface area (Å²) in [5.74, 6) is -0.0957. The number of carbonyl (C=O) groups is 1. The summed E-state index contributed by atoms with van der Waals surface area (Å²) >= 11 is 0. The number of rotatable bonds is 6. The molecule has 0 aliphatic carbocycles. The van der Waals surface area contributed by atoms with Crippen LogP contribution in [0.2, 0.25) is 0 Å². The quantitative estimate of drug-likeness (QED) is 0.822. The fraction of sp³-hybridized carbons (Fsp3) is 0.500. The first-order valence-corrected chi connectivity index (χ1v) is 6.23. The average molecular weight is 265 g/mol. The van der Waals surface area contributed by atoms with E-state index in [0.717, 1.165) is 11.3 Å². The van der Waals surface area contributed by atoms with Crippen molar-refractivity contribution in [2.75, 3.05) is 39.7 Å².